The second-order valence-corrected chi connectivity index (χ2v) is 10.1. The number of H-pyrrole nitrogens is 1. The summed E-state index contributed by atoms with van der Waals surface area (Å²) in [4.78, 5) is 19.5. The van der Waals surface area contributed by atoms with E-state index in [2.05, 4.69) is 39.5 Å². The molecule has 1 aliphatic carbocycles. The summed E-state index contributed by atoms with van der Waals surface area (Å²) in [7, 11) is 0. The molecule has 1 aromatic carbocycles. The fraction of sp³-hybridized carbons (Fsp3) is 0.640. The minimum atomic E-state index is -0.576. The Balaban J connectivity index is 1.25. The third-order valence-corrected chi connectivity index (χ3v) is 8.44. The first-order chi connectivity index (χ1) is 15.2. The number of aliphatic hydroxyl groups excluding tert-OH is 1. The third kappa shape index (κ3) is 3.40. The van der Waals surface area contributed by atoms with Gasteiger partial charge in [0, 0.05) is 42.1 Å². The molecule has 2 saturated heterocycles. The number of rotatable bonds is 3. The molecule has 1 saturated carbocycles. The van der Waals surface area contributed by atoms with E-state index < -0.39 is 6.10 Å². The van der Waals surface area contributed by atoms with Crippen molar-refractivity contribution in [2.24, 2.45) is 23.7 Å². The van der Waals surface area contributed by atoms with E-state index >= 15 is 0 Å². The van der Waals surface area contributed by atoms with Crippen LogP contribution in [-0.4, -0.2) is 59.8 Å². The maximum absolute atomic E-state index is 13.1. The fourth-order valence-electron chi connectivity index (χ4n) is 6.82. The average Bonchev–Trinajstić information content (AvgIpc) is 3.44. The lowest BCUT2D eigenvalue weighted by atomic mass is 9.65. The molecule has 3 N–H and O–H groups in total. The first kappa shape index (κ1) is 19.8. The molecule has 0 radical (unpaired) electrons. The summed E-state index contributed by atoms with van der Waals surface area (Å²) in [6.07, 6.45) is 4.20. The van der Waals surface area contributed by atoms with Crippen molar-refractivity contribution in [2.45, 2.75) is 44.2 Å². The minimum absolute atomic E-state index is 0.171. The number of aliphatic hydroxyl groups is 1. The van der Waals surface area contributed by atoms with Crippen molar-refractivity contribution >= 4 is 16.9 Å². The summed E-state index contributed by atoms with van der Waals surface area (Å²) in [5.41, 5.74) is 3.98. The number of nitrogens with one attached hydrogen (secondary N) is 2. The zero-order valence-electron chi connectivity index (χ0n) is 18.1. The Hall–Kier alpha value is -1.89. The lowest BCUT2D eigenvalue weighted by molar-refractivity contribution is -0.164. The number of aromatic amines is 1. The number of para-hydroxylation sites is 1. The van der Waals surface area contributed by atoms with E-state index in [9.17, 15) is 9.90 Å². The Kier molecular flexibility index (Phi) is 5.04. The van der Waals surface area contributed by atoms with Crippen LogP contribution in [-0.2, 0) is 16.0 Å². The Labute approximate surface area is 183 Å². The summed E-state index contributed by atoms with van der Waals surface area (Å²) in [6.45, 7) is 4.51. The number of benzene rings is 1. The Bertz CT molecular complexity index is 966. The molecule has 0 unspecified atom stereocenters. The summed E-state index contributed by atoms with van der Waals surface area (Å²) in [5.74, 6) is 0.516. The zero-order valence-corrected chi connectivity index (χ0v) is 18.1. The Morgan fingerprint density at radius 3 is 3.00 bits per heavy atom. The topological polar surface area (TPSA) is 77.6 Å². The maximum atomic E-state index is 13.1. The smallest absolute Gasteiger partial charge is 0.311 e. The van der Waals surface area contributed by atoms with Crippen LogP contribution < -0.4 is 5.32 Å². The molecule has 1 aromatic heterocycles. The highest BCUT2D eigenvalue weighted by atomic mass is 16.5. The van der Waals surface area contributed by atoms with Crippen molar-refractivity contribution in [3.05, 3.63) is 35.5 Å². The molecule has 3 fully saturated rings. The Morgan fingerprint density at radius 1 is 1.23 bits per heavy atom. The highest BCUT2D eigenvalue weighted by Crippen LogP contribution is 2.49. The van der Waals surface area contributed by atoms with Crippen LogP contribution in [0.3, 0.4) is 0 Å². The molecular formula is C25H33N3O3. The van der Waals surface area contributed by atoms with Gasteiger partial charge >= 0.3 is 5.97 Å². The van der Waals surface area contributed by atoms with Gasteiger partial charge in [-0.25, -0.2) is 0 Å². The lowest BCUT2D eigenvalue weighted by Crippen LogP contribution is -2.53. The molecular weight excluding hydrogens is 390 g/mol. The minimum Gasteiger partial charge on any atom is -0.465 e. The van der Waals surface area contributed by atoms with Crippen LogP contribution in [0.1, 0.15) is 43.0 Å². The number of hydrogen-bond donors (Lipinski definition) is 3. The summed E-state index contributed by atoms with van der Waals surface area (Å²) < 4.78 is 5.78. The van der Waals surface area contributed by atoms with Gasteiger partial charge in [-0.2, -0.15) is 0 Å². The standard InChI is InChI=1S/C25H33N3O3/c29-22-6-5-16-13-28-10-8-18-17-3-1-2-4-20(17)27-24(18)21(28)11-19(16)23(22)25(30)31-14-15-7-9-26-12-15/h1-4,15-16,19,21-23,26-27,29H,5-14H2/t15-,16-,19-,21-,22-,23+/m0/s1. The van der Waals surface area contributed by atoms with E-state index in [1.165, 1.54) is 22.2 Å². The number of aromatic nitrogens is 1. The van der Waals surface area contributed by atoms with Gasteiger partial charge in [-0.05, 0) is 62.1 Å². The van der Waals surface area contributed by atoms with E-state index in [-0.39, 0.29) is 17.8 Å². The normalized spacial score (nSPS) is 35.4. The van der Waals surface area contributed by atoms with E-state index in [0.717, 1.165) is 51.9 Å². The van der Waals surface area contributed by atoms with Crippen LogP contribution in [0.5, 0.6) is 0 Å². The van der Waals surface area contributed by atoms with Crippen LogP contribution in [0.4, 0.5) is 0 Å². The predicted octanol–water partition coefficient (Wildman–Crippen LogP) is 2.63. The van der Waals surface area contributed by atoms with Crippen LogP contribution in [0.2, 0.25) is 0 Å². The molecule has 6 atom stereocenters. The van der Waals surface area contributed by atoms with E-state index in [4.69, 9.17) is 4.74 Å². The number of carbonyl (C=O) groups excluding carboxylic acids is 1. The van der Waals surface area contributed by atoms with Crippen LogP contribution in [0.15, 0.2) is 24.3 Å². The van der Waals surface area contributed by atoms with Crippen molar-refractivity contribution in [3.63, 3.8) is 0 Å². The summed E-state index contributed by atoms with van der Waals surface area (Å²) in [6, 6.07) is 8.88. The van der Waals surface area contributed by atoms with E-state index in [0.29, 0.717) is 30.9 Å². The average molecular weight is 424 g/mol. The zero-order chi connectivity index (χ0) is 20.9. The fourth-order valence-corrected chi connectivity index (χ4v) is 6.82. The van der Waals surface area contributed by atoms with Gasteiger partial charge in [0.15, 0.2) is 0 Å². The molecule has 4 aliphatic rings. The van der Waals surface area contributed by atoms with E-state index in [1.807, 2.05) is 0 Å². The number of nitrogens with zero attached hydrogens (tertiary/aromatic N) is 1. The van der Waals surface area contributed by atoms with Gasteiger partial charge < -0.3 is 20.1 Å². The van der Waals surface area contributed by atoms with Gasteiger partial charge in [0.2, 0.25) is 0 Å². The second-order valence-electron chi connectivity index (χ2n) is 10.1. The van der Waals surface area contributed by atoms with Crippen molar-refractivity contribution in [1.29, 1.82) is 0 Å². The predicted molar refractivity (Wildman–Crippen MR) is 119 cm³/mol. The molecule has 0 amide bonds. The maximum Gasteiger partial charge on any atom is 0.311 e. The highest BCUT2D eigenvalue weighted by molar-refractivity contribution is 5.85. The van der Waals surface area contributed by atoms with Gasteiger partial charge in [-0.1, -0.05) is 18.2 Å². The molecule has 0 bridgehead atoms. The van der Waals surface area contributed by atoms with Gasteiger partial charge in [0.25, 0.3) is 0 Å². The number of piperidine rings is 1. The van der Waals surface area contributed by atoms with Crippen molar-refractivity contribution in [3.8, 4) is 0 Å². The second kappa shape index (κ2) is 7.91. The number of esters is 1. The monoisotopic (exact) mass is 423 g/mol. The highest BCUT2D eigenvalue weighted by Gasteiger charge is 2.49. The van der Waals surface area contributed by atoms with Crippen LogP contribution in [0, 0.1) is 23.7 Å². The van der Waals surface area contributed by atoms with Gasteiger partial charge in [0.1, 0.15) is 0 Å². The van der Waals surface area contributed by atoms with Crippen molar-refractivity contribution in [1.82, 2.24) is 15.2 Å². The number of carbonyl (C=O) groups is 1. The molecule has 3 aliphatic heterocycles. The first-order valence-electron chi connectivity index (χ1n) is 12.1. The molecule has 2 aromatic rings. The van der Waals surface area contributed by atoms with Crippen molar-refractivity contribution < 1.29 is 14.6 Å². The lowest BCUT2D eigenvalue weighted by Gasteiger charge is -2.51. The summed E-state index contributed by atoms with van der Waals surface area (Å²) >= 11 is 0. The summed E-state index contributed by atoms with van der Waals surface area (Å²) in [5, 5.41) is 15.5. The largest absolute Gasteiger partial charge is 0.465 e. The molecule has 6 heteroatoms. The molecule has 31 heavy (non-hydrogen) atoms. The molecule has 4 heterocycles. The molecule has 0 spiro atoms. The van der Waals surface area contributed by atoms with Gasteiger partial charge in [-0.15, -0.1) is 0 Å². The molecule has 6 nitrogen and oxygen atoms in total. The Morgan fingerprint density at radius 2 is 2.13 bits per heavy atom. The SMILES string of the molecule is O=C(OC[C@H]1CCNC1)[C@@H]1[C@H]2C[C@H]3c4[nH]c5ccccc5c4CCN3C[C@@H]2CC[C@@H]1O. The van der Waals surface area contributed by atoms with Crippen LogP contribution >= 0.6 is 0 Å². The first-order valence-corrected chi connectivity index (χ1v) is 12.1. The van der Waals surface area contributed by atoms with Gasteiger partial charge in [-0.3, -0.25) is 9.69 Å². The number of ether oxygens (including phenoxy) is 1. The number of fused-ring (bicyclic) bond motifs is 6. The third-order valence-electron chi connectivity index (χ3n) is 8.44. The number of hydrogen-bond acceptors (Lipinski definition) is 5. The quantitative estimate of drug-likeness (QED) is 0.662. The molecule has 166 valence electrons. The molecule has 6 rings (SSSR count). The van der Waals surface area contributed by atoms with Crippen LogP contribution in [0.25, 0.3) is 10.9 Å². The van der Waals surface area contributed by atoms with E-state index in [1.54, 1.807) is 0 Å². The van der Waals surface area contributed by atoms with Gasteiger partial charge in [0.05, 0.1) is 24.7 Å². The van der Waals surface area contributed by atoms with Crippen molar-refractivity contribution in [2.75, 3.05) is 32.8 Å².